The topological polar surface area (TPSA) is 63.1 Å². The van der Waals surface area contributed by atoms with E-state index in [1.54, 1.807) is 0 Å². The minimum absolute atomic E-state index is 0.110. The molecule has 2 unspecified atom stereocenters. The van der Waals surface area contributed by atoms with Crippen LogP contribution in [0.2, 0.25) is 0 Å². The molecule has 1 aliphatic carbocycles. The van der Waals surface area contributed by atoms with Crippen LogP contribution in [0.4, 0.5) is 0 Å². The fraction of sp³-hybridized carbons (Fsp3) is 0.824. The van der Waals surface area contributed by atoms with Gasteiger partial charge in [0.15, 0.2) is 5.69 Å². The Hall–Kier alpha value is -1.43. The van der Waals surface area contributed by atoms with E-state index in [-0.39, 0.29) is 5.91 Å². The van der Waals surface area contributed by atoms with E-state index in [9.17, 15) is 4.79 Å². The Bertz CT molecular complexity index is 578. The Morgan fingerprint density at radius 2 is 1.91 bits per heavy atom. The lowest BCUT2D eigenvalue weighted by atomic mass is 9.91. The summed E-state index contributed by atoms with van der Waals surface area (Å²) in [4.78, 5) is 15.2. The number of nitrogens with one attached hydrogen (secondary N) is 1. The number of aromatic nitrogens is 3. The Labute approximate surface area is 137 Å². The lowest BCUT2D eigenvalue weighted by Gasteiger charge is -2.37. The number of hydrogen-bond acceptors (Lipinski definition) is 4. The third-order valence-corrected chi connectivity index (χ3v) is 6.04. The molecule has 0 aromatic carbocycles. The number of hydrogen-bond donors (Lipinski definition) is 1. The zero-order valence-corrected chi connectivity index (χ0v) is 14.0. The predicted octanol–water partition coefficient (Wildman–Crippen LogP) is 1.92. The monoisotopic (exact) mass is 317 g/mol. The maximum absolute atomic E-state index is 13.1. The highest BCUT2D eigenvalue weighted by Crippen LogP contribution is 2.37. The first-order chi connectivity index (χ1) is 11.3. The Kier molecular flexibility index (Phi) is 4.09. The molecule has 1 aromatic heterocycles. The second-order valence-corrected chi connectivity index (χ2v) is 7.35. The SMILES string of the molecule is Cc1c(C(=O)N2CCCC3CCCC32)nnn1C1CCNCC1. The van der Waals surface area contributed by atoms with Crippen molar-refractivity contribution in [2.45, 2.75) is 64.0 Å². The average molecular weight is 317 g/mol. The summed E-state index contributed by atoms with van der Waals surface area (Å²) in [6, 6.07) is 0.825. The molecular formula is C17H27N5O. The van der Waals surface area contributed by atoms with Crippen molar-refractivity contribution in [2.75, 3.05) is 19.6 Å². The van der Waals surface area contributed by atoms with Gasteiger partial charge in [-0.15, -0.1) is 5.10 Å². The van der Waals surface area contributed by atoms with E-state index >= 15 is 0 Å². The number of likely N-dealkylation sites (tertiary alicyclic amines) is 1. The van der Waals surface area contributed by atoms with Crippen LogP contribution in [-0.4, -0.2) is 51.5 Å². The van der Waals surface area contributed by atoms with Crippen LogP contribution in [0.3, 0.4) is 0 Å². The molecule has 3 heterocycles. The highest BCUT2D eigenvalue weighted by molar-refractivity contribution is 5.93. The first kappa shape index (κ1) is 15.1. The van der Waals surface area contributed by atoms with Crippen molar-refractivity contribution < 1.29 is 4.79 Å². The number of carbonyl (C=O) groups is 1. The van der Waals surface area contributed by atoms with Crippen LogP contribution in [0.25, 0.3) is 0 Å². The quantitative estimate of drug-likeness (QED) is 0.905. The number of carbonyl (C=O) groups excluding carboxylic acids is 1. The molecule has 0 radical (unpaired) electrons. The van der Waals surface area contributed by atoms with E-state index in [2.05, 4.69) is 20.5 Å². The number of nitrogens with zero attached hydrogens (tertiary/aromatic N) is 4. The molecule has 0 bridgehead atoms. The van der Waals surface area contributed by atoms with Crippen molar-refractivity contribution in [1.82, 2.24) is 25.2 Å². The summed E-state index contributed by atoms with van der Waals surface area (Å²) >= 11 is 0. The minimum Gasteiger partial charge on any atom is -0.334 e. The molecule has 2 atom stereocenters. The lowest BCUT2D eigenvalue weighted by molar-refractivity contribution is 0.0541. The van der Waals surface area contributed by atoms with Crippen LogP contribution in [0.1, 0.15) is 67.2 Å². The summed E-state index contributed by atoms with van der Waals surface area (Å²) in [6.45, 7) is 4.93. The van der Waals surface area contributed by atoms with Gasteiger partial charge in [0.2, 0.25) is 0 Å². The average Bonchev–Trinajstić information content (AvgIpc) is 3.21. The minimum atomic E-state index is 0.110. The standard InChI is InChI=1S/C17H27N5O/c1-12-16(19-20-22(12)14-7-9-18-10-8-14)17(23)21-11-3-5-13-4-2-6-15(13)21/h13-15,18H,2-11H2,1H3. The van der Waals surface area contributed by atoms with Gasteiger partial charge in [-0.2, -0.15) is 0 Å². The van der Waals surface area contributed by atoms with Crippen LogP contribution in [0.15, 0.2) is 0 Å². The van der Waals surface area contributed by atoms with E-state index in [1.807, 2.05) is 11.6 Å². The summed E-state index contributed by atoms with van der Waals surface area (Å²) in [5, 5.41) is 12.0. The molecule has 3 aliphatic rings. The van der Waals surface area contributed by atoms with Crippen LogP contribution in [-0.2, 0) is 0 Å². The number of amides is 1. The summed E-state index contributed by atoms with van der Waals surface area (Å²) < 4.78 is 1.99. The maximum atomic E-state index is 13.1. The molecule has 1 N–H and O–H groups in total. The van der Waals surface area contributed by atoms with Crippen molar-refractivity contribution in [3.8, 4) is 0 Å². The second-order valence-electron chi connectivity index (χ2n) is 7.35. The Balaban J connectivity index is 1.55. The van der Waals surface area contributed by atoms with Gasteiger partial charge in [0.05, 0.1) is 11.7 Å². The summed E-state index contributed by atoms with van der Waals surface area (Å²) in [5.74, 6) is 0.826. The van der Waals surface area contributed by atoms with Gasteiger partial charge in [-0.25, -0.2) is 4.68 Å². The Morgan fingerprint density at radius 1 is 1.13 bits per heavy atom. The molecule has 2 saturated heterocycles. The highest BCUT2D eigenvalue weighted by Gasteiger charge is 2.39. The van der Waals surface area contributed by atoms with E-state index in [1.165, 1.54) is 19.3 Å². The van der Waals surface area contributed by atoms with Gasteiger partial charge in [0.25, 0.3) is 5.91 Å². The lowest BCUT2D eigenvalue weighted by Crippen LogP contribution is -2.46. The van der Waals surface area contributed by atoms with Crippen molar-refractivity contribution in [3.63, 3.8) is 0 Å². The van der Waals surface area contributed by atoms with Crippen molar-refractivity contribution in [1.29, 1.82) is 0 Å². The van der Waals surface area contributed by atoms with Crippen LogP contribution >= 0.6 is 0 Å². The molecule has 6 heteroatoms. The first-order valence-corrected chi connectivity index (χ1v) is 9.19. The maximum Gasteiger partial charge on any atom is 0.276 e. The van der Waals surface area contributed by atoms with Crippen LogP contribution in [0, 0.1) is 12.8 Å². The zero-order chi connectivity index (χ0) is 15.8. The molecule has 1 amide bonds. The highest BCUT2D eigenvalue weighted by atomic mass is 16.2. The molecule has 6 nitrogen and oxygen atoms in total. The molecule has 1 aromatic rings. The molecule has 23 heavy (non-hydrogen) atoms. The Morgan fingerprint density at radius 3 is 2.74 bits per heavy atom. The van der Waals surface area contributed by atoms with Crippen molar-refractivity contribution in [3.05, 3.63) is 11.4 Å². The van der Waals surface area contributed by atoms with Gasteiger partial charge in [0.1, 0.15) is 0 Å². The number of fused-ring (bicyclic) bond motifs is 1. The summed E-state index contributed by atoms with van der Waals surface area (Å²) in [7, 11) is 0. The fourth-order valence-electron chi connectivity index (χ4n) is 4.78. The fourth-order valence-corrected chi connectivity index (χ4v) is 4.78. The molecular weight excluding hydrogens is 290 g/mol. The van der Waals surface area contributed by atoms with Gasteiger partial charge in [-0.3, -0.25) is 4.79 Å². The van der Waals surface area contributed by atoms with Crippen LogP contribution in [0.5, 0.6) is 0 Å². The third-order valence-electron chi connectivity index (χ3n) is 6.04. The van der Waals surface area contributed by atoms with E-state index < -0.39 is 0 Å². The van der Waals surface area contributed by atoms with Gasteiger partial charge < -0.3 is 10.2 Å². The van der Waals surface area contributed by atoms with Crippen molar-refractivity contribution >= 4 is 5.91 Å². The third kappa shape index (κ3) is 2.67. The molecule has 1 saturated carbocycles. The normalized spacial score (nSPS) is 28.8. The number of piperidine rings is 2. The summed E-state index contributed by atoms with van der Waals surface area (Å²) in [5.41, 5.74) is 1.53. The molecule has 0 spiro atoms. The molecule has 4 rings (SSSR count). The molecule has 3 fully saturated rings. The number of rotatable bonds is 2. The van der Waals surface area contributed by atoms with E-state index in [4.69, 9.17) is 0 Å². The second kappa shape index (κ2) is 6.23. The predicted molar refractivity (Wildman–Crippen MR) is 87.3 cm³/mol. The van der Waals surface area contributed by atoms with Gasteiger partial charge in [-0.05, 0) is 64.5 Å². The van der Waals surface area contributed by atoms with Gasteiger partial charge in [-0.1, -0.05) is 11.6 Å². The zero-order valence-electron chi connectivity index (χ0n) is 14.0. The van der Waals surface area contributed by atoms with Crippen LogP contribution < -0.4 is 5.32 Å². The van der Waals surface area contributed by atoms with Crippen molar-refractivity contribution in [2.24, 2.45) is 5.92 Å². The largest absolute Gasteiger partial charge is 0.334 e. The smallest absolute Gasteiger partial charge is 0.276 e. The molecule has 2 aliphatic heterocycles. The van der Waals surface area contributed by atoms with E-state index in [0.29, 0.717) is 23.7 Å². The van der Waals surface area contributed by atoms with E-state index in [0.717, 1.165) is 51.0 Å². The summed E-state index contributed by atoms with van der Waals surface area (Å²) in [6.07, 6.45) is 8.26. The van der Waals surface area contributed by atoms with Gasteiger partial charge >= 0.3 is 0 Å². The van der Waals surface area contributed by atoms with Gasteiger partial charge in [0, 0.05) is 12.6 Å². The molecule has 126 valence electrons. The first-order valence-electron chi connectivity index (χ1n) is 9.19.